The van der Waals surface area contributed by atoms with Gasteiger partial charge in [-0.1, -0.05) is 24.0 Å². The van der Waals surface area contributed by atoms with Gasteiger partial charge in [-0.25, -0.2) is 0 Å². The van der Waals surface area contributed by atoms with E-state index in [2.05, 4.69) is 15.9 Å². The molecule has 1 saturated heterocycles. The summed E-state index contributed by atoms with van der Waals surface area (Å²) in [5.41, 5.74) is 0. The first-order chi connectivity index (χ1) is 9.47. The molecule has 1 fully saturated rings. The van der Waals surface area contributed by atoms with Crippen LogP contribution in [0.3, 0.4) is 0 Å². The van der Waals surface area contributed by atoms with E-state index in [1.807, 2.05) is 18.2 Å². The van der Waals surface area contributed by atoms with Crippen LogP contribution < -0.4 is 0 Å². The lowest BCUT2D eigenvalue weighted by Crippen LogP contribution is -2.29. The topological polar surface area (TPSA) is 57.6 Å². The molecule has 0 bridgehead atoms. The minimum absolute atomic E-state index is 0.0357. The summed E-state index contributed by atoms with van der Waals surface area (Å²) in [6.45, 7) is 0.350. The molecule has 1 aromatic rings. The number of thioether (sulfide) groups is 1. The van der Waals surface area contributed by atoms with E-state index in [-0.39, 0.29) is 12.3 Å². The van der Waals surface area contributed by atoms with Gasteiger partial charge in [-0.3, -0.25) is 14.5 Å². The molecule has 8 heteroatoms. The monoisotopic (exact) mass is 391 g/mol. The third-order valence-electron chi connectivity index (χ3n) is 2.51. The van der Waals surface area contributed by atoms with Crippen LogP contribution in [0.25, 0.3) is 6.08 Å². The van der Waals surface area contributed by atoms with E-state index in [1.54, 1.807) is 0 Å². The summed E-state index contributed by atoms with van der Waals surface area (Å²) in [6, 6.07) is 3.84. The van der Waals surface area contributed by atoms with Crippen molar-refractivity contribution in [3.63, 3.8) is 0 Å². The first-order valence-electron chi connectivity index (χ1n) is 5.70. The highest BCUT2D eigenvalue weighted by molar-refractivity contribution is 9.11. The van der Waals surface area contributed by atoms with E-state index in [0.717, 1.165) is 8.66 Å². The lowest BCUT2D eigenvalue weighted by Gasteiger charge is -2.13. The Morgan fingerprint density at radius 1 is 1.50 bits per heavy atom. The molecular formula is C12H10BrNO3S3. The molecule has 1 aromatic heterocycles. The molecule has 2 heterocycles. The maximum absolute atomic E-state index is 12.2. The number of amides is 1. The summed E-state index contributed by atoms with van der Waals surface area (Å²) >= 11 is 11.3. The third-order valence-corrected chi connectivity index (χ3v) is 5.46. The van der Waals surface area contributed by atoms with Crippen LogP contribution in [0.2, 0.25) is 0 Å². The van der Waals surface area contributed by atoms with E-state index in [4.69, 9.17) is 17.3 Å². The van der Waals surface area contributed by atoms with E-state index in [9.17, 15) is 9.59 Å². The van der Waals surface area contributed by atoms with Crippen LogP contribution in [-0.2, 0) is 9.59 Å². The molecule has 1 amide bonds. The normalized spacial score (nSPS) is 17.2. The molecule has 4 nitrogen and oxygen atoms in total. The fraction of sp³-hybridized carbons (Fsp3) is 0.250. The second-order valence-corrected chi connectivity index (χ2v) is 8.14. The third kappa shape index (κ3) is 3.91. The maximum Gasteiger partial charge on any atom is 0.303 e. The molecule has 20 heavy (non-hydrogen) atoms. The van der Waals surface area contributed by atoms with Crippen LogP contribution >= 0.6 is 51.2 Å². The number of aliphatic carboxylic acids is 1. The summed E-state index contributed by atoms with van der Waals surface area (Å²) < 4.78 is 1.49. The van der Waals surface area contributed by atoms with Crippen molar-refractivity contribution < 1.29 is 14.7 Å². The van der Waals surface area contributed by atoms with Crippen LogP contribution in [0.15, 0.2) is 20.8 Å². The number of rotatable bonds is 5. The molecule has 2 rings (SSSR count). The zero-order valence-electron chi connectivity index (χ0n) is 10.2. The Hall–Kier alpha value is -0.700. The Labute approximate surface area is 138 Å². The average molecular weight is 392 g/mol. The largest absolute Gasteiger partial charge is 0.481 e. The molecule has 0 radical (unpaired) electrons. The molecule has 1 aliphatic heterocycles. The molecular weight excluding hydrogens is 382 g/mol. The summed E-state index contributed by atoms with van der Waals surface area (Å²) in [7, 11) is 0. The molecule has 0 spiro atoms. The molecule has 0 aliphatic carbocycles. The summed E-state index contributed by atoms with van der Waals surface area (Å²) in [5.74, 6) is -1.01. The van der Waals surface area contributed by atoms with Crippen molar-refractivity contribution in [3.8, 4) is 0 Å². The number of carboxylic acids is 1. The predicted octanol–water partition coefficient (Wildman–Crippen LogP) is 3.58. The molecule has 0 unspecified atom stereocenters. The van der Waals surface area contributed by atoms with Crippen LogP contribution in [-0.4, -0.2) is 32.7 Å². The van der Waals surface area contributed by atoms with Crippen molar-refractivity contribution in [2.75, 3.05) is 6.54 Å². The second-order valence-electron chi connectivity index (χ2n) is 3.97. The number of thiocarbonyl (C=S) groups is 1. The standard InChI is InChI=1S/C12H10BrNO3S3/c13-9-4-3-7(19-9)6-8-11(17)14(12(18)20-8)5-1-2-10(15)16/h3-4,6H,1-2,5H2,(H,15,16)/b8-6+. The highest BCUT2D eigenvalue weighted by Gasteiger charge is 2.31. The van der Waals surface area contributed by atoms with Gasteiger partial charge in [-0.05, 0) is 40.6 Å². The summed E-state index contributed by atoms with van der Waals surface area (Å²) in [4.78, 5) is 25.7. The number of halogens is 1. The quantitative estimate of drug-likeness (QED) is 0.613. The second kappa shape index (κ2) is 6.84. The molecule has 1 N–H and O–H groups in total. The van der Waals surface area contributed by atoms with Crippen molar-refractivity contribution in [1.82, 2.24) is 4.90 Å². The maximum atomic E-state index is 12.2. The van der Waals surface area contributed by atoms with Gasteiger partial charge >= 0.3 is 5.97 Å². The van der Waals surface area contributed by atoms with Gasteiger partial charge in [0, 0.05) is 17.8 Å². The molecule has 0 atom stereocenters. The highest BCUT2D eigenvalue weighted by atomic mass is 79.9. The van der Waals surface area contributed by atoms with Gasteiger partial charge in [-0.2, -0.15) is 0 Å². The molecule has 1 aliphatic rings. The minimum atomic E-state index is -0.866. The van der Waals surface area contributed by atoms with Crippen LogP contribution in [0.1, 0.15) is 17.7 Å². The minimum Gasteiger partial charge on any atom is -0.481 e. The summed E-state index contributed by atoms with van der Waals surface area (Å²) in [5, 5.41) is 8.61. The van der Waals surface area contributed by atoms with Gasteiger partial charge < -0.3 is 5.11 Å². The van der Waals surface area contributed by atoms with E-state index in [0.29, 0.717) is 22.2 Å². The van der Waals surface area contributed by atoms with Gasteiger partial charge in [0.25, 0.3) is 5.91 Å². The number of carboxylic acid groups (broad SMARTS) is 1. The smallest absolute Gasteiger partial charge is 0.303 e. The Balaban J connectivity index is 2.04. The lowest BCUT2D eigenvalue weighted by atomic mass is 10.3. The fourth-order valence-corrected chi connectivity index (χ4v) is 4.36. The number of hydrogen-bond donors (Lipinski definition) is 1. The number of hydrogen-bond acceptors (Lipinski definition) is 5. The van der Waals surface area contributed by atoms with Crippen LogP contribution in [0.5, 0.6) is 0 Å². The zero-order valence-corrected chi connectivity index (χ0v) is 14.2. The Bertz CT molecular complexity index is 597. The SMILES string of the molecule is O=C(O)CCCN1C(=O)/C(=C\c2ccc(Br)s2)SC1=S. The van der Waals surface area contributed by atoms with E-state index in [1.165, 1.54) is 28.0 Å². The molecule has 0 saturated carbocycles. The van der Waals surface area contributed by atoms with Gasteiger partial charge in [0.1, 0.15) is 4.32 Å². The van der Waals surface area contributed by atoms with Crippen molar-refractivity contribution in [1.29, 1.82) is 0 Å². The Morgan fingerprint density at radius 3 is 2.85 bits per heavy atom. The molecule has 106 valence electrons. The van der Waals surface area contributed by atoms with Gasteiger partial charge in [-0.15, -0.1) is 11.3 Å². The highest BCUT2D eigenvalue weighted by Crippen LogP contribution is 2.34. The number of thiophene rings is 1. The molecule has 0 aromatic carbocycles. The van der Waals surface area contributed by atoms with Gasteiger partial charge in [0.15, 0.2) is 0 Å². The lowest BCUT2D eigenvalue weighted by molar-refractivity contribution is -0.137. The summed E-state index contributed by atoms with van der Waals surface area (Å²) in [6.07, 6.45) is 2.25. The average Bonchev–Trinajstić information content (AvgIpc) is 2.88. The number of carbonyl (C=O) groups is 2. The van der Waals surface area contributed by atoms with E-state index >= 15 is 0 Å². The van der Waals surface area contributed by atoms with Crippen molar-refractivity contribution in [3.05, 3.63) is 25.7 Å². The van der Waals surface area contributed by atoms with Gasteiger partial charge in [0.2, 0.25) is 0 Å². The van der Waals surface area contributed by atoms with Crippen molar-refractivity contribution in [2.24, 2.45) is 0 Å². The van der Waals surface area contributed by atoms with E-state index < -0.39 is 5.97 Å². The fourth-order valence-electron chi connectivity index (χ4n) is 1.62. The van der Waals surface area contributed by atoms with Crippen molar-refractivity contribution in [2.45, 2.75) is 12.8 Å². The first kappa shape index (κ1) is 15.7. The Kier molecular flexibility index (Phi) is 5.36. The van der Waals surface area contributed by atoms with Crippen molar-refractivity contribution >= 4 is 73.5 Å². The van der Waals surface area contributed by atoms with Crippen LogP contribution in [0.4, 0.5) is 0 Å². The Morgan fingerprint density at radius 2 is 2.25 bits per heavy atom. The number of carbonyl (C=O) groups excluding carboxylic acids is 1. The zero-order chi connectivity index (χ0) is 14.7. The van der Waals surface area contributed by atoms with Gasteiger partial charge in [0.05, 0.1) is 8.69 Å². The number of nitrogens with zero attached hydrogens (tertiary/aromatic N) is 1. The first-order valence-corrected chi connectivity index (χ1v) is 8.53. The van der Waals surface area contributed by atoms with Crippen LogP contribution in [0, 0.1) is 0 Å². The predicted molar refractivity (Wildman–Crippen MR) is 88.8 cm³/mol.